The summed E-state index contributed by atoms with van der Waals surface area (Å²) in [6, 6.07) is 22.5. The van der Waals surface area contributed by atoms with Crippen LogP contribution in [0.25, 0.3) is 22.0 Å². The second-order valence-corrected chi connectivity index (χ2v) is 12.7. The molecule has 2 heterocycles. The summed E-state index contributed by atoms with van der Waals surface area (Å²) >= 11 is 6.59. The number of benzene rings is 3. The van der Waals surface area contributed by atoms with E-state index in [0.29, 0.717) is 17.0 Å². The molecule has 1 saturated carbocycles. The summed E-state index contributed by atoms with van der Waals surface area (Å²) in [4.78, 5) is 31.1. The number of nitrogens with zero attached hydrogens (tertiary/aromatic N) is 3. The van der Waals surface area contributed by atoms with Crippen molar-refractivity contribution in [3.05, 3.63) is 87.7 Å². The van der Waals surface area contributed by atoms with Gasteiger partial charge in [-0.1, -0.05) is 42.8 Å². The lowest BCUT2D eigenvalue weighted by Crippen LogP contribution is -2.44. The third-order valence-electron chi connectivity index (χ3n) is 9.28. The van der Waals surface area contributed by atoms with Crippen LogP contribution in [0.4, 0.5) is 17.1 Å². The standard InChI is InChI=1S/C36H42ClN5O2/c1-4-35(43)39-26-11-14-29(15-12-26)42-34-23-28(10-9-25(34)22-31(36(42)44)30-7-5-6-8-32(30)37)38-27-13-16-33(24(2)21-27)41-19-17-40(3)18-20-41/h5-10,13,16,21-23,26,29,38H,4,11-12,14-15,17-20H2,1-3H3,(H,39,43). The van der Waals surface area contributed by atoms with Crippen LogP contribution >= 0.6 is 11.6 Å². The molecule has 0 atom stereocenters. The van der Waals surface area contributed by atoms with Gasteiger partial charge in [0.15, 0.2) is 0 Å². The minimum Gasteiger partial charge on any atom is -0.369 e. The van der Waals surface area contributed by atoms with Crippen LogP contribution in [0.5, 0.6) is 0 Å². The first-order valence-corrected chi connectivity index (χ1v) is 16.2. The lowest BCUT2D eigenvalue weighted by molar-refractivity contribution is -0.121. The predicted octanol–water partition coefficient (Wildman–Crippen LogP) is 7.14. The maximum Gasteiger partial charge on any atom is 0.259 e. The SMILES string of the molecule is CCC(=O)NC1CCC(n2c(=O)c(-c3ccccc3Cl)cc3ccc(Nc4ccc(N5CCN(C)CC5)c(C)c4)cc32)CC1. The summed E-state index contributed by atoms with van der Waals surface area (Å²) < 4.78 is 1.98. The molecular weight excluding hydrogens is 570 g/mol. The average Bonchev–Trinajstić information content (AvgIpc) is 3.02. The highest BCUT2D eigenvalue weighted by Crippen LogP contribution is 2.35. The molecule has 1 aromatic heterocycles. The molecule has 0 unspecified atom stereocenters. The number of rotatable bonds is 7. The van der Waals surface area contributed by atoms with Crippen LogP contribution in [-0.4, -0.2) is 54.6 Å². The molecule has 0 spiro atoms. The van der Waals surface area contributed by atoms with Crippen LogP contribution < -0.4 is 21.1 Å². The number of pyridine rings is 1. The highest BCUT2D eigenvalue weighted by atomic mass is 35.5. The molecule has 1 amide bonds. The van der Waals surface area contributed by atoms with Crippen molar-refractivity contribution < 1.29 is 4.79 Å². The maximum absolute atomic E-state index is 14.3. The van der Waals surface area contributed by atoms with Gasteiger partial charge in [-0.2, -0.15) is 0 Å². The number of aryl methyl sites for hydroxylation is 1. The van der Waals surface area contributed by atoms with Crippen LogP contribution in [0.15, 0.2) is 71.5 Å². The Morgan fingerprint density at radius 3 is 2.30 bits per heavy atom. The molecule has 8 heteroatoms. The minimum absolute atomic E-state index is 0.0302. The van der Waals surface area contributed by atoms with Crippen molar-refractivity contribution in [3.8, 4) is 11.1 Å². The van der Waals surface area contributed by atoms with E-state index in [-0.39, 0.29) is 23.6 Å². The summed E-state index contributed by atoms with van der Waals surface area (Å²) in [7, 11) is 2.18. The number of hydrogen-bond donors (Lipinski definition) is 2. The third-order valence-corrected chi connectivity index (χ3v) is 9.61. The Morgan fingerprint density at radius 2 is 1.59 bits per heavy atom. The van der Waals surface area contributed by atoms with Gasteiger partial charge in [0.25, 0.3) is 5.56 Å². The van der Waals surface area contributed by atoms with Gasteiger partial charge >= 0.3 is 0 Å². The molecule has 0 bridgehead atoms. The first kappa shape index (κ1) is 30.2. The van der Waals surface area contributed by atoms with E-state index in [4.69, 9.17) is 11.6 Å². The van der Waals surface area contributed by atoms with Crippen molar-refractivity contribution in [1.29, 1.82) is 0 Å². The number of carbonyl (C=O) groups excluding carboxylic acids is 1. The molecule has 2 aliphatic rings. The van der Waals surface area contributed by atoms with Crippen LogP contribution in [0.1, 0.15) is 50.6 Å². The topological polar surface area (TPSA) is 69.6 Å². The van der Waals surface area contributed by atoms with Gasteiger partial charge in [-0.15, -0.1) is 0 Å². The number of carbonyl (C=O) groups is 1. The number of amides is 1. The Hall–Kier alpha value is -3.81. The van der Waals surface area contributed by atoms with Crippen molar-refractivity contribution in [2.75, 3.05) is 43.4 Å². The Morgan fingerprint density at radius 1 is 0.886 bits per heavy atom. The number of likely N-dealkylation sites (N-methyl/N-ethyl adjacent to an activating group) is 1. The van der Waals surface area contributed by atoms with Gasteiger partial charge in [-0.3, -0.25) is 9.59 Å². The summed E-state index contributed by atoms with van der Waals surface area (Å²) in [6.45, 7) is 8.27. The zero-order valence-corrected chi connectivity index (χ0v) is 26.7. The fourth-order valence-electron chi connectivity index (χ4n) is 6.75. The van der Waals surface area contributed by atoms with Gasteiger partial charge < -0.3 is 25.0 Å². The van der Waals surface area contributed by atoms with Crippen LogP contribution in [0.3, 0.4) is 0 Å². The van der Waals surface area contributed by atoms with E-state index in [2.05, 4.69) is 70.8 Å². The van der Waals surface area contributed by atoms with Crippen LogP contribution in [-0.2, 0) is 4.79 Å². The highest BCUT2D eigenvalue weighted by Gasteiger charge is 2.26. The van der Waals surface area contributed by atoms with Crippen molar-refractivity contribution in [1.82, 2.24) is 14.8 Å². The quantitative estimate of drug-likeness (QED) is 0.233. The van der Waals surface area contributed by atoms with Crippen LogP contribution in [0, 0.1) is 6.92 Å². The predicted molar refractivity (Wildman–Crippen MR) is 183 cm³/mol. The molecule has 2 fully saturated rings. The molecule has 2 N–H and O–H groups in total. The van der Waals surface area contributed by atoms with Crippen LogP contribution in [0.2, 0.25) is 5.02 Å². The van der Waals surface area contributed by atoms with E-state index in [9.17, 15) is 9.59 Å². The van der Waals surface area contributed by atoms with Gasteiger partial charge in [-0.05, 0) is 93.1 Å². The van der Waals surface area contributed by atoms with E-state index < -0.39 is 0 Å². The molecule has 3 aromatic carbocycles. The number of aromatic nitrogens is 1. The second-order valence-electron chi connectivity index (χ2n) is 12.3. The third kappa shape index (κ3) is 6.35. The average molecular weight is 612 g/mol. The Balaban J connectivity index is 1.34. The van der Waals surface area contributed by atoms with E-state index in [1.54, 1.807) is 0 Å². The largest absolute Gasteiger partial charge is 0.369 e. The molecule has 1 aliphatic carbocycles. The summed E-state index contributed by atoms with van der Waals surface area (Å²) in [5.41, 5.74) is 6.72. The fourth-order valence-corrected chi connectivity index (χ4v) is 6.99. The monoisotopic (exact) mass is 611 g/mol. The molecule has 1 saturated heterocycles. The fraction of sp³-hybridized carbons (Fsp3) is 0.389. The Labute approximate surface area is 264 Å². The lowest BCUT2D eigenvalue weighted by Gasteiger charge is -2.35. The second kappa shape index (κ2) is 13.0. The summed E-state index contributed by atoms with van der Waals surface area (Å²) in [5, 5.41) is 8.31. The zero-order chi connectivity index (χ0) is 30.8. The van der Waals surface area contributed by atoms with Gasteiger partial charge in [0, 0.05) is 77.9 Å². The van der Waals surface area contributed by atoms with Gasteiger partial charge in [0.05, 0.1) is 5.52 Å². The Bertz CT molecular complexity index is 1720. The summed E-state index contributed by atoms with van der Waals surface area (Å²) in [6.07, 6.45) is 3.81. The van der Waals surface area contributed by atoms with Crippen molar-refractivity contribution in [2.24, 2.45) is 0 Å². The van der Waals surface area contributed by atoms with E-state index in [1.165, 1.54) is 11.3 Å². The Kier molecular flexibility index (Phi) is 8.96. The first-order chi connectivity index (χ1) is 21.3. The highest BCUT2D eigenvalue weighted by molar-refractivity contribution is 6.33. The van der Waals surface area contributed by atoms with Crippen molar-refractivity contribution in [2.45, 2.75) is 58.0 Å². The number of piperazine rings is 1. The number of anilines is 3. The molecule has 4 aromatic rings. The minimum atomic E-state index is -0.0313. The van der Waals surface area contributed by atoms with E-state index in [0.717, 1.165) is 79.7 Å². The molecular formula is C36H42ClN5O2. The van der Waals surface area contributed by atoms with Gasteiger partial charge in [0.1, 0.15) is 0 Å². The first-order valence-electron chi connectivity index (χ1n) is 15.9. The van der Waals surface area contributed by atoms with E-state index in [1.807, 2.05) is 41.8 Å². The van der Waals surface area contributed by atoms with Crippen molar-refractivity contribution >= 4 is 45.5 Å². The number of halogens is 1. The molecule has 7 nitrogen and oxygen atoms in total. The number of hydrogen-bond acceptors (Lipinski definition) is 5. The normalized spacial score (nSPS) is 19.2. The number of fused-ring (bicyclic) bond motifs is 1. The molecule has 0 radical (unpaired) electrons. The van der Waals surface area contributed by atoms with Crippen molar-refractivity contribution in [3.63, 3.8) is 0 Å². The van der Waals surface area contributed by atoms with E-state index >= 15 is 0 Å². The maximum atomic E-state index is 14.3. The zero-order valence-electron chi connectivity index (χ0n) is 25.9. The number of nitrogens with one attached hydrogen (secondary N) is 2. The molecule has 1 aliphatic heterocycles. The lowest BCUT2D eigenvalue weighted by atomic mass is 9.90. The van der Waals surface area contributed by atoms with Gasteiger partial charge in [-0.25, -0.2) is 0 Å². The van der Waals surface area contributed by atoms with Gasteiger partial charge in [0.2, 0.25) is 5.91 Å². The molecule has 230 valence electrons. The molecule has 44 heavy (non-hydrogen) atoms. The smallest absolute Gasteiger partial charge is 0.259 e. The molecule has 6 rings (SSSR count). The summed E-state index contributed by atoms with van der Waals surface area (Å²) in [5.74, 6) is 0.0827.